The first-order valence-corrected chi connectivity index (χ1v) is 17.1. The van der Waals surface area contributed by atoms with Gasteiger partial charge in [0, 0.05) is 0 Å². The topological polar surface area (TPSA) is 0 Å². The number of hydrogen-bond donors (Lipinski definition) is 0. The lowest BCUT2D eigenvalue weighted by Gasteiger charge is -2.39. The predicted octanol–water partition coefficient (Wildman–Crippen LogP) is 8.31. The molecule has 40 heavy (non-hydrogen) atoms. The average Bonchev–Trinajstić information content (AvgIpc) is 2.91. The van der Waals surface area contributed by atoms with Crippen LogP contribution in [0.25, 0.3) is 0 Å². The molecule has 0 aromatic heterocycles. The van der Waals surface area contributed by atoms with Gasteiger partial charge in [-0.15, -0.1) is 0 Å². The molecule has 0 aromatic carbocycles. The molecule has 0 bridgehead atoms. The Hall–Kier alpha value is -0.365. The largest absolute Gasteiger partial charge is 1.00 e. The highest BCUT2D eigenvalue weighted by atomic mass is 19.5. The molecule has 0 N–H and O–H groups in total. The van der Waals surface area contributed by atoms with Gasteiger partial charge in [0.15, 0.2) is 0 Å². The summed E-state index contributed by atoms with van der Waals surface area (Å²) in [4.78, 5) is 0. The Kier molecular flexibility index (Phi) is 36.8. The third-order valence-corrected chi connectivity index (χ3v) is 7.89. The van der Waals surface area contributed by atoms with Gasteiger partial charge in [-0.3, -0.25) is 0 Å². The number of nitrogens with zero attached hydrogens (tertiary/aromatic N) is 2. The highest BCUT2D eigenvalue weighted by molar-refractivity contribution is 6.50. The lowest BCUT2D eigenvalue weighted by atomic mass is 10.1. The standard InChI is InChI=1S/2C16H36N.BF4.FH/c2*1-5-9-13-17(14-10-6-2,15-11-7-3)16-12-8-4;2-1(3,4)5;/h2*5-16H2,1-4H3;;1H/q2*+1;-1;/p-1. The van der Waals surface area contributed by atoms with Gasteiger partial charge in [-0.25, -0.2) is 0 Å². The van der Waals surface area contributed by atoms with Gasteiger partial charge in [-0.05, 0) is 51.4 Å². The maximum atomic E-state index is 9.75. The molecule has 0 saturated heterocycles. The fraction of sp³-hybridized carbons (Fsp3) is 1.00. The normalized spacial score (nSPS) is 11.7. The van der Waals surface area contributed by atoms with E-state index in [2.05, 4.69) is 55.4 Å². The number of halogens is 5. The van der Waals surface area contributed by atoms with E-state index < -0.39 is 7.25 Å². The second-order valence-electron chi connectivity index (χ2n) is 11.8. The zero-order valence-corrected chi connectivity index (χ0v) is 28.3. The van der Waals surface area contributed by atoms with Crippen LogP contribution in [0.4, 0.5) is 17.3 Å². The van der Waals surface area contributed by atoms with Crippen LogP contribution in [0.2, 0.25) is 0 Å². The average molecular weight is 591 g/mol. The van der Waals surface area contributed by atoms with Gasteiger partial charge in [-0.1, -0.05) is 107 Å². The number of rotatable bonds is 24. The van der Waals surface area contributed by atoms with E-state index in [1.807, 2.05) is 0 Å². The summed E-state index contributed by atoms with van der Waals surface area (Å²) in [5.74, 6) is 0. The van der Waals surface area contributed by atoms with Gasteiger partial charge in [-0.2, -0.15) is 0 Å². The summed E-state index contributed by atoms with van der Waals surface area (Å²) in [7, 11) is -6.00. The van der Waals surface area contributed by atoms with E-state index >= 15 is 0 Å². The Morgan fingerprint density at radius 3 is 0.500 bits per heavy atom. The van der Waals surface area contributed by atoms with Gasteiger partial charge >= 0.3 is 7.25 Å². The van der Waals surface area contributed by atoms with Gasteiger partial charge in [0.05, 0.1) is 52.4 Å². The molecule has 0 fully saturated rings. The molecule has 0 amide bonds. The lowest BCUT2D eigenvalue weighted by Crippen LogP contribution is -3.00. The van der Waals surface area contributed by atoms with Crippen molar-refractivity contribution in [3.8, 4) is 0 Å². The molecule has 8 heteroatoms. The summed E-state index contributed by atoms with van der Waals surface area (Å²) < 4.78 is 41.8. The number of quaternary nitrogens is 2. The number of unbranched alkanes of at least 4 members (excludes halogenated alkanes) is 8. The first kappa shape index (κ1) is 46.6. The van der Waals surface area contributed by atoms with Gasteiger partial charge in [0.2, 0.25) is 0 Å². The Morgan fingerprint density at radius 2 is 0.425 bits per heavy atom. The predicted molar refractivity (Wildman–Crippen MR) is 169 cm³/mol. The van der Waals surface area contributed by atoms with Crippen molar-refractivity contribution in [2.45, 2.75) is 158 Å². The van der Waals surface area contributed by atoms with Crippen LogP contribution in [0.1, 0.15) is 158 Å². The van der Waals surface area contributed by atoms with Gasteiger partial charge in [0.1, 0.15) is 0 Å². The maximum Gasteiger partial charge on any atom is 0.673 e. The van der Waals surface area contributed by atoms with Crippen molar-refractivity contribution in [2.75, 3.05) is 52.4 Å². The van der Waals surface area contributed by atoms with E-state index in [9.17, 15) is 17.3 Å². The zero-order chi connectivity index (χ0) is 30.5. The quantitative estimate of drug-likeness (QED) is 0.0603. The Morgan fingerprint density at radius 1 is 0.325 bits per heavy atom. The SMILES string of the molecule is CCCC[N+](CCCC)(CCCC)CCCC.CCCC[N+](CCCC)(CCCC)CCCC.F[B-](F)(F)F.[F-]. The third kappa shape index (κ3) is 32.2. The van der Waals surface area contributed by atoms with E-state index in [1.165, 1.54) is 164 Å². The van der Waals surface area contributed by atoms with Crippen LogP contribution in [0.15, 0.2) is 0 Å². The van der Waals surface area contributed by atoms with E-state index in [0.717, 1.165) is 0 Å². The Bertz CT molecular complexity index is 362. The highest BCUT2D eigenvalue weighted by Gasteiger charge is 2.25. The van der Waals surface area contributed by atoms with Crippen LogP contribution in [0.3, 0.4) is 0 Å². The van der Waals surface area contributed by atoms with Crippen LogP contribution >= 0.6 is 0 Å². The maximum absolute atomic E-state index is 9.75. The van der Waals surface area contributed by atoms with E-state index in [-0.39, 0.29) is 4.70 Å². The molecular formula is C32H72BF5N2. The van der Waals surface area contributed by atoms with E-state index in [4.69, 9.17) is 0 Å². The zero-order valence-electron chi connectivity index (χ0n) is 28.3. The molecule has 0 spiro atoms. The van der Waals surface area contributed by atoms with Crippen LogP contribution in [-0.2, 0) is 0 Å². The van der Waals surface area contributed by atoms with Crippen molar-refractivity contribution in [3.63, 3.8) is 0 Å². The van der Waals surface area contributed by atoms with Gasteiger partial charge < -0.3 is 30.9 Å². The van der Waals surface area contributed by atoms with Crippen LogP contribution < -0.4 is 4.70 Å². The molecule has 0 unspecified atom stereocenters. The fourth-order valence-electron chi connectivity index (χ4n) is 5.29. The van der Waals surface area contributed by atoms with E-state index in [1.54, 1.807) is 0 Å². The van der Waals surface area contributed by atoms with Crippen molar-refractivity contribution < 1.29 is 30.9 Å². The Balaban J connectivity index is -0.000000271. The second kappa shape index (κ2) is 31.6. The molecular weight excluding hydrogens is 518 g/mol. The summed E-state index contributed by atoms with van der Waals surface area (Å²) in [6.45, 7) is 30.0. The lowest BCUT2D eigenvalue weighted by molar-refractivity contribution is -0.929. The first-order chi connectivity index (χ1) is 18.5. The molecule has 0 heterocycles. The monoisotopic (exact) mass is 591 g/mol. The molecule has 0 aliphatic heterocycles. The summed E-state index contributed by atoms with van der Waals surface area (Å²) in [5, 5.41) is 0. The number of hydrogen-bond acceptors (Lipinski definition) is 0. The fourth-order valence-corrected chi connectivity index (χ4v) is 5.29. The van der Waals surface area contributed by atoms with Crippen molar-refractivity contribution in [1.82, 2.24) is 0 Å². The van der Waals surface area contributed by atoms with Crippen LogP contribution in [0, 0.1) is 0 Å². The molecule has 0 atom stereocenters. The molecule has 0 rings (SSSR count). The first-order valence-electron chi connectivity index (χ1n) is 17.1. The van der Waals surface area contributed by atoms with Crippen LogP contribution in [-0.4, -0.2) is 68.6 Å². The summed E-state index contributed by atoms with van der Waals surface area (Å²) >= 11 is 0. The molecule has 2 nitrogen and oxygen atoms in total. The molecule has 0 aliphatic carbocycles. The molecule has 0 saturated carbocycles. The minimum absolute atomic E-state index is 0. The van der Waals surface area contributed by atoms with Crippen molar-refractivity contribution in [2.24, 2.45) is 0 Å². The van der Waals surface area contributed by atoms with Crippen molar-refractivity contribution in [3.05, 3.63) is 0 Å². The highest BCUT2D eigenvalue weighted by Crippen LogP contribution is 2.17. The molecule has 0 aliphatic rings. The van der Waals surface area contributed by atoms with Gasteiger partial charge in [0.25, 0.3) is 0 Å². The summed E-state index contributed by atoms with van der Waals surface area (Å²) in [6.07, 6.45) is 22.1. The van der Waals surface area contributed by atoms with Crippen molar-refractivity contribution >= 4 is 7.25 Å². The molecule has 0 radical (unpaired) electrons. The second-order valence-corrected chi connectivity index (χ2v) is 11.8. The summed E-state index contributed by atoms with van der Waals surface area (Å²) in [6, 6.07) is 0. The van der Waals surface area contributed by atoms with Crippen LogP contribution in [0.5, 0.6) is 0 Å². The summed E-state index contributed by atoms with van der Waals surface area (Å²) in [5.41, 5.74) is 0. The Labute approximate surface area is 248 Å². The smallest absolute Gasteiger partial charge is 0.673 e. The minimum Gasteiger partial charge on any atom is -1.00 e. The molecule has 248 valence electrons. The molecule has 0 aromatic rings. The third-order valence-electron chi connectivity index (χ3n) is 7.89. The van der Waals surface area contributed by atoms with Crippen molar-refractivity contribution in [1.29, 1.82) is 0 Å². The minimum atomic E-state index is -6.00. The van der Waals surface area contributed by atoms with E-state index in [0.29, 0.717) is 0 Å².